The number of rotatable bonds is 4. The molecule has 0 saturated carbocycles. The maximum Gasteiger partial charge on any atom is 0.401 e. The van der Waals surface area contributed by atoms with Crippen molar-refractivity contribution >= 4 is 23.4 Å². The number of likely N-dealkylation sites (tertiary alicyclic amines) is 1. The second-order valence-electron chi connectivity index (χ2n) is 9.70. The number of pyridine rings is 1. The number of halogens is 5. The zero-order chi connectivity index (χ0) is 25.7. The molecule has 0 aliphatic carbocycles. The van der Waals surface area contributed by atoms with Crippen molar-refractivity contribution in [3.63, 3.8) is 0 Å². The zero-order valence-electron chi connectivity index (χ0n) is 19.9. The van der Waals surface area contributed by atoms with E-state index in [2.05, 4.69) is 29.9 Å². The second-order valence-corrected chi connectivity index (χ2v) is 10.1. The Labute approximate surface area is 216 Å². The summed E-state index contributed by atoms with van der Waals surface area (Å²) in [6.07, 6.45) is -2.98. The standard InChI is InChI=1S/C24H25ClF4N8/c25-17-1-3-20-16(9-17)11-36(19-12-33(13-19)15-24(27,28)29)14-22-31-32-23(37(20)22)35-7-5-34(6-8-35)21-4-2-18(26)10-30-21/h1-4,9-10,19H,5-8,11-15H2. The van der Waals surface area contributed by atoms with Gasteiger partial charge in [0, 0.05) is 56.9 Å². The lowest BCUT2D eigenvalue weighted by atomic mass is 10.1. The minimum absolute atomic E-state index is 0.00682. The molecule has 3 aliphatic heterocycles. The van der Waals surface area contributed by atoms with Crippen molar-refractivity contribution in [2.24, 2.45) is 0 Å². The van der Waals surface area contributed by atoms with Crippen LogP contribution in [0.1, 0.15) is 11.4 Å². The van der Waals surface area contributed by atoms with E-state index in [1.54, 1.807) is 6.07 Å². The van der Waals surface area contributed by atoms with E-state index in [1.165, 1.54) is 17.2 Å². The first kappa shape index (κ1) is 24.4. The summed E-state index contributed by atoms with van der Waals surface area (Å²) < 4.78 is 53.7. The van der Waals surface area contributed by atoms with Crippen LogP contribution in [-0.4, -0.2) is 87.6 Å². The Morgan fingerprint density at radius 3 is 2.41 bits per heavy atom. The van der Waals surface area contributed by atoms with Gasteiger partial charge in [-0.25, -0.2) is 9.37 Å². The molecule has 5 heterocycles. The van der Waals surface area contributed by atoms with Crippen LogP contribution in [0.4, 0.5) is 29.3 Å². The van der Waals surface area contributed by atoms with Gasteiger partial charge < -0.3 is 9.80 Å². The van der Waals surface area contributed by atoms with Crippen molar-refractivity contribution in [1.29, 1.82) is 0 Å². The van der Waals surface area contributed by atoms with Gasteiger partial charge in [0.2, 0.25) is 5.95 Å². The summed E-state index contributed by atoms with van der Waals surface area (Å²) in [6, 6.07) is 8.77. The molecule has 0 spiro atoms. The fraction of sp³-hybridized carbons (Fsp3) is 0.458. The Morgan fingerprint density at radius 1 is 0.946 bits per heavy atom. The van der Waals surface area contributed by atoms with E-state index in [4.69, 9.17) is 11.6 Å². The highest BCUT2D eigenvalue weighted by Crippen LogP contribution is 2.33. The number of aromatic nitrogens is 4. The Bertz CT molecular complexity index is 1270. The van der Waals surface area contributed by atoms with E-state index in [0.29, 0.717) is 57.4 Å². The Hall–Kier alpha value is -2.96. The number of hydrogen-bond acceptors (Lipinski definition) is 7. The third-order valence-electron chi connectivity index (χ3n) is 7.17. The summed E-state index contributed by atoms with van der Waals surface area (Å²) in [5.74, 6) is 1.83. The van der Waals surface area contributed by atoms with Gasteiger partial charge in [-0.2, -0.15) is 13.2 Å². The molecule has 0 N–H and O–H groups in total. The van der Waals surface area contributed by atoms with E-state index >= 15 is 0 Å². The van der Waals surface area contributed by atoms with Crippen LogP contribution < -0.4 is 9.80 Å². The molecule has 196 valence electrons. The number of benzene rings is 1. The minimum Gasteiger partial charge on any atom is -0.353 e. The van der Waals surface area contributed by atoms with Gasteiger partial charge in [-0.05, 0) is 35.9 Å². The van der Waals surface area contributed by atoms with Gasteiger partial charge in [0.1, 0.15) is 11.6 Å². The highest BCUT2D eigenvalue weighted by molar-refractivity contribution is 6.30. The lowest BCUT2D eigenvalue weighted by Gasteiger charge is -2.45. The van der Waals surface area contributed by atoms with Gasteiger partial charge in [-0.1, -0.05) is 11.6 Å². The maximum atomic E-state index is 13.3. The molecule has 0 radical (unpaired) electrons. The van der Waals surface area contributed by atoms with Crippen LogP contribution in [0.5, 0.6) is 0 Å². The quantitative estimate of drug-likeness (QED) is 0.474. The van der Waals surface area contributed by atoms with Crippen molar-refractivity contribution in [3.05, 3.63) is 58.8 Å². The summed E-state index contributed by atoms with van der Waals surface area (Å²) >= 11 is 6.34. The molecule has 13 heteroatoms. The monoisotopic (exact) mass is 536 g/mol. The molecular weight excluding hydrogens is 512 g/mol. The largest absolute Gasteiger partial charge is 0.401 e. The number of nitrogens with zero attached hydrogens (tertiary/aromatic N) is 8. The van der Waals surface area contributed by atoms with E-state index in [9.17, 15) is 17.6 Å². The number of hydrogen-bond donors (Lipinski definition) is 0. The van der Waals surface area contributed by atoms with E-state index in [1.807, 2.05) is 22.8 Å². The van der Waals surface area contributed by atoms with E-state index < -0.39 is 12.7 Å². The first-order valence-electron chi connectivity index (χ1n) is 12.1. The maximum absolute atomic E-state index is 13.3. The van der Waals surface area contributed by atoms with E-state index in [0.717, 1.165) is 28.8 Å². The Morgan fingerprint density at radius 2 is 1.70 bits per heavy atom. The Balaban J connectivity index is 1.23. The van der Waals surface area contributed by atoms with Crippen LogP contribution in [0.2, 0.25) is 5.02 Å². The van der Waals surface area contributed by atoms with Crippen LogP contribution in [-0.2, 0) is 13.1 Å². The highest BCUT2D eigenvalue weighted by atomic mass is 35.5. The molecule has 3 aromatic rings. The smallest absolute Gasteiger partial charge is 0.353 e. The first-order chi connectivity index (χ1) is 17.7. The number of anilines is 2. The number of fused-ring (bicyclic) bond motifs is 3. The van der Waals surface area contributed by atoms with Crippen LogP contribution in [0.25, 0.3) is 5.69 Å². The van der Waals surface area contributed by atoms with Gasteiger partial charge >= 0.3 is 6.18 Å². The van der Waals surface area contributed by atoms with Gasteiger partial charge in [0.05, 0.1) is 25.0 Å². The molecule has 37 heavy (non-hydrogen) atoms. The molecule has 0 atom stereocenters. The van der Waals surface area contributed by atoms with Gasteiger partial charge in [0.15, 0.2) is 5.82 Å². The topological polar surface area (TPSA) is 56.6 Å². The number of piperazine rings is 1. The SMILES string of the molecule is Fc1ccc(N2CCN(c3nnc4n3-c3ccc(Cl)cc3CN(C3CN(CC(F)(F)F)C3)C4)CC2)nc1. The van der Waals surface area contributed by atoms with Gasteiger partial charge in [-0.15, -0.1) is 10.2 Å². The highest BCUT2D eigenvalue weighted by Gasteiger charge is 2.40. The lowest BCUT2D eigenvalue weighted by molar-refractivity contribution is -0.161. The second kappa shape index (κ2) is 9.41. The fourth-order valence-corrected chi connectivity index (χ4v) is 5.52. The summed E-state index contributed by atoms with van der Waals surface area (Å²) in [5, 5.41) is 9.64. The average molecular weight is 537 g/mol. The van der Waals surface area contributed by atoms with Gasteiger partial charge in [-0.3, -0.25) is 14.4 Å². The van der Waals surface area contributed by atoms with Crippen LogP contribution >= 0.6 is 11.6 Å². The molecule has 0 bridgehead atoms. The molecule has 2 saturated heterocycles. The summed E-state index contributed by atoms with van der Waals surface area (Å²) in [7, 11) is 0. The van der Waals surface area contributed by atoms with Gasteiger partial charge in [0.25, 0.3) is 0 Å². The molecule has 6 rings (SSSR count). The molecule has 2 fully saturated rings. The van der Waals surface area contributed by atoms with Crippen molar-refractivity contribution < 1.29 is 17.6 Å². The predicted molar refractivity (Wildman–Crippen MR) is 131 cm³/mol. The average Bonchev–Trinajstić information content (AvgIpc) is 3.17. The molecule has 2 aromatic heterocycles. The molecule has 1 aromatic carbocycles. The molecule has 0 amide bonds. The number of alkyl halides is 3. The van der Waals surface area contributed by atoms with Crippen molar-refractivity contribution in [3.8, 4) is 5.69 Å². The van der Waals surface area contributed by atoms with Crippen molar-refractivity contribution in [2.45, 2.75) is 25.3 Å². The normalized spacial score (nSPS) is 19.4. The fourth-order valence-electron chi connectivity index (χ4n) is 5.32. The van der Waals surface area contributed by atoms with Crippen LogP contribution in [0, 0.1) is 5.82 Å². The molecule has 0 unspecified atom stereocenters. The minimum atomic E-state index is -4.20. The zero-order valence-corrected chi connectivity index (χ0v) is 20.6. The van der Waals surface area contributed by atoms with Crippen LogP contribution in [0.15, 0.2) is 36.5 Å². The summed E-state index contributed by atoms with van der Waals surface area (Å²) in [6.45, 7) is 3.61. The first-order valence-corrected chi connectivity index (χ1v) is 12.5. The van der Waals surface area contributed by atoms with Crippen molar-refractivity contribution in [2.75, 3.05) is 55.6 Å². The molecule has 8 nitrogen and oxygen atoms in total. The van der Waals surface area contributed by atoms with Crippen LogP contribution in [0.3, 0.4) is 0 Å². The predicted octanol–water partition coefficient (Wildman–Crippen LogP) is 3.34. The summed E-state index contributed by atoms with van der Waals surface area (Å²) in [4.78, 5) is 12.0. The van der Waals surface area contributed by atoms with Crippen molar-refractivity contribution in [1.82, 2.24) is 29.5 Å². The lowest BCUT2D eigenvalue weighted by Crippen LogP contribution is -2.60. The summed E-state index contributed by atoms with van der Waals surface area (Å²) in [5.41, 5.74) is 1.91. The molecular formula is C24H25ClF4N8. The Kier molecular flexibility index (Phi) is 6.20. The van der Waals surface area contributed by atoms with E-state index in [-0.39, 0.29) is 11.9 Å². The third-order valence-corrected chi connectivity index (χ3v) is 7.40. The third kappa shape index (κ3) is 4.97. The molecule has 3 aliphatic rings.